The van der Waals surface area contributed by atoms with Crippen molar-refractivity contribution in [3.8, 4) is 0 Å². The second kappa shape index (κ2) is 5.39. The zero-order chi connectivity index (χ0) is 13.9. The van der Waals surface area contributed by atoms with Gasteiger partial charge >= 0.3 is 0 Å². The smallest absolute Gasteiger partial charge is 0.227 e. The van der Waals surface area contributed by atoms with Crippen LogP contribution in [0.1, 0.15) is 45.4 Å². The highest BCUT2D eigenvalue weighted by Crippen LogP contribution is 2.47. The Balaban J connectivity index is 0.00000132. The summed E-state index contributed by atoms with van der Waals surface area (Å²) in [4.78, 5) is 15.0. The van der Waals surface area contributed by atoms with Gasteiger partial charge in [0.25, 0.3) is 0 Å². The molecule has 3 saturated heterocycles. The second-order valence-corrected chi connectivity index (χ2v) is 7.67. The molecule has 4 rings (SSSR count). The summed E-state index contributed by atoms with van der Waals surface area (Å²) in [5, 5.41) is 0. The first-order valence-electron chi connectivity index (χ1n) is 8.29. The number of nitrogens with two attached hydrogens (primary N) is 1. The minimum Gasteiger partial charge on any atom is -0.374 e. The van der Waals surface area contributed by atoms with Gasteiger partial charge in [-0.05, 0) is 32.6 Å². The van der Waals surface area contributed by atoms with E-state index in [1.54, 1.807) is 0 Å². The van der Waals surface area contributed by atoms with Crippen LogP contribution >= 0.6 is 12.4 Å². The molecule has 4 nitrogen and oxygen atoms in total. The van der Waals surface area contributed by atoms with E-state index in [0.717, 1.165) is 32.4 Å². The summed E-state index contributed by atoms with van der Waals surface area (Å²) in [7, 11) is 0. The van der Waals surface area contributed by atoms with Gasteiger partial charge in [0.1, 0.15) is 0 Å². The van der Waals surface area contributed by atoms with Crippen LogP contribution in [0.3, 0.4) is 0 Å². The van der Waals surface area contributed by atoms with E-state index < -0.39 is 0 Å². The van der Waals surface area contributed by atoms with Crippen molar-refractivity contribution in [1.29, 1.82) is 0 Å². The standard InChI is InChI=1S/C16H26N2O2.ClH/c1-16(17)7-3-2-4-12(16)15(19)18-8-10-11(9-18)14-6-5-13(10)20-14;/h10-14H,2-9,17H2,1H3;1H. The zero-order valence-electron chi connectivity index (χ0n) is 12.8. The lowest BCUT2D eigenvalue weighted by molar-refractivity contribution is -0.138. The monoisotopic (exact) mass is 314 g/mol. The molecule has 0 aromatic heterocycles. The minimum absolute atomic E-state index is 0. The van der Waals surface area contributed by atoms with E-state index >= 15 is 0 Å². The molecule has 3 aliphatic heterocycles. The van der Waals surface area contributed by atoms with Crippen LogP contribution in [0.4, 0.5) is 0 Å². The highest BCUT2D eigenvalue weighted by Gasteiger charge is 2.54. The molecule has 5 heteroatoms. The van der Waals surface area contributed by atoms with E-state index in [0.29, 0.717) is 30.0 Å². The largest absolute Gasteiger partial charge is 0.374 e. The van der Waals surface area contributed by atoms with Crippen LogP contribution in [0.2, 0.25) is 0 Å². The number of nitrogens with zero attached hydrogens (tertiary/aromatic N) is 1. The SMILES string of the molecule is CC1(N)CCCCC1C(=O)N1CC2C3CCC(O3)C2C1.Cl. The summed E-state index contributed by atoms with van der Waals surface area (Å²) in [6, 6.07) is 0. The predicted octanol–water partition coefficient (Wildman–Crippen LogP) is 1.95. The zero-order valence-corrected chi connectivity index (χ0v) is 13.6. The molecule has 1 amide bonds. The van der Waals surface area contributed by atoms with Crippen LogP contribution < -0.4 is 5.73 Å². The molecule has 2 bridgehead atoms. The fourth-order valence-electron chi connectivity index (χ4n) is 5.12. The van der Waals surface area contributed by atoms with Crippen molar-refractivity contribution in [3.63, 3.8) is 0 Å². The lowest BCUT2D eigenvalue weighted by atomic mass is 9.74. The van der Waals surface area contributed by atoms with Crippen molar-refractivity contribution in [2.24, 2.45) is 23.5 Å². The maximum Gasteiger partial charge on any atom is 0.227 e. The molecule has 2 N–H and O–H groups in total. The molecular weight excluding hydrogens is 288 g/mol. The molecule has 6 unspecified atom stereocenters. The predicted molar refractivity (Wildman–Crippen MR) is 83.3 cm³/mol. The average Bonchev–Trinajstić information content (AvgIpc) is 3.09. The van der Waals surface area contributed by atoms with Crippen LogP contribution in [0, 0.1) is 17.8 Å². The van der Waals surface area contributed by atoms with Gasteiger partial charge in [-0.2, -0.15) is 0 Å². The third-order valence-corrected chi connectivity index (χ3v) is 6.32. The Kier molecular flexibility index (Phi) is 4.00. The Hall–Kier alpha value is -0.320. The van der Waals surface area contributed by atoms with Gasteiger partial charge in [0.2, 0.25) is 5.91 Å². The van der Waals surface area contributed by atoms with Gasteiger partial charge in [0.15, 0.2) is 0 Å². The number of fused-ring (bicyclic) bond motifs is 5. The molecule has 0 aromatic rings. The van der Waals surface area contributed by atoms with E-state index in [-0.39, 0.29) is 23.9 Å². The molecule has 6 atom stereocenters. The van der Waals surface area contributed by atoms with E-state index in [4.69, 9.17) is 10.5 Å². The highest BCUT2D eigenvalue weighted by atomic mass is 35.5. The highest BCUT2D eigenvalue weighted by molar-refractivity contribution is 5.85. The van der Waals surface area contributed by atoms with E-state index in [2.05, 4.69) is 11.8 Å². The first kappa shape index (κ1) is 15.6. The van der Waals surface area contributed by atoms with Crippen molar-refractivity contribution < 1.29 is 9.53 Å². The van der Waals surface area contributed by atoms with Gasteiger partial charge in [0, 0.05) is 30.5 Å². The normalized spacial score (nSPS) is 48.1. The summed E-state index contributed by atoms with van der Waals surface area (Å²) in [6.07, 6.45) is 7.53. The molecular formula is C16H27ClN2O2. The van der Waals surface area contributed by atoms with E-state index in [1.807, 2.05) is 0 Å². The third-order valence-electron chi connectivity index (χ3n) is 6.32. The molecule has 0 aromatic carbocycles. The molecule has 120 valence electrons. The average molecular weight is 315 g/mol. The lowest BCUT2D eigenvalue weighted by Gasteiger charge is -2.39. The molecule has 0 radical (unpaired) electrons. The molecule has 21 heavy (non-hydrogen) atoms. The van der Waals surface area contributed by atoms with E-state index in [1.165, 1.54) is 19.3 Å². The molecule has 1 saturated carbocycles. The number of hydrogen-bond donors (Lipinski definition) is 1. The maximum absolute atomic E-state index is 12.9. The summed E-state index contributed by atoms with van der Waals surface area (Å²) < 4.78 is 5.99. The lowest BCUT2D eigenvalue weighted by Crippen LogP contribution is -2.53. The number of amides is 1. The first-order chi connectivity index (χ1) is 9.56. The maximum atomic E-state index is 12.9. The number of rotatable bonds is 1. The van der Waals surface area contributed by atoms with Crippen LogP contribution in [-0.2, 0) is 9.53 Å². The van der Waals surface area contributed by atoms with Crippen molar-refractivity contribution >= 4 is 18.3 Å². The summed E-state index contributed by atoms with van der Waals surface area (Å²) in [5.41, 5.74) is 6.10. The number of carbonyl (C=O) groups is 1. The minimum atomic E-state index is -0.303. The Labute approximate surface area is 133 Å². The quantitative estimate of drug-likeness (QED) is 0.805. The van der Waals surface area contributed by atoms with Crippen LogP contribution in [0.15, 0.2) is 0 Å². The summed E-state index contributed by atoms with van der Waals surface area (Å²) >= 11 is 0. The van der Waals surface area contributed by atoms with Crippen molar-refractivity contribution in [2.45, 2.75) is 63.2 Å². The number of carbonyl (C=O) groups excluding carboxylic acids is 1. The Bertz CT molecular complexity index is 411. The van der Waals surface area contributed by atoms with Crippen LogP contribution in [-0.4, -0.2) is 41.6 Å². The fraction of sp³-hybridized carbons (Fsp3) is 0.938. The van der Waals surface area contributed by atoms with Crippen molar-refractivity contribution in [3.05, 3.63) is 0 Å². The number of ether oxygens (including phenoxy) is 1. The van der Waals surface area contributed by atoms with Gasteiger partial charge in [-0.15, -0.1) is 12.4 Å². The summed E-state index contributed by atoms with van der Waals surface area (Å²) in [6.45, 7) is 3.90. The molecule has 0 spiro atoms. The number of likely N-dealkylation sites (tertiary alicyclic amines) is 1. The number of hydrogen-bond acceptors (Lipinski definition) is 3. The molecule has 3 heterocycles. The van der Waals surface area contributed by atoms with Crippen LogP contribution in [0.25, 0.3) is 0 Å². The molecule has 1 aliphatic carbocycles. The Morgan fingerprint density at radius 2 is 1.76 bits per heavy atom. The van der Waals surface area contributed by atoms with Crippen LogP contribution in [0.5, 0.6) is 0 Å². The first-order valence-corrected chi connectivity index (χ1v) is 8.29. The fourth-order valence-corrected chi connectivity index (χ4v) is 5.12. The van der Waals surface area contributed by atoms with Gasteiger partial charge in [-0.25, -0.2) is 0 Å². The van der Waals surface area contributed by atoms with Crippen molar-refractivity contribution in [2.75, 3.05) is 13.1 Å². The molecule has 4 aliphatic rings. The Morgan fingerprint density at radius 3 is 2.33 bits per heavy atom. The number of halogens is 1. The third kappa shape index (κ3) is 2.40. The van der Waals surface area contributed by atoms with Gasteiger partial charge < -0.3 is 15.4 Å². The summed E-state index contributed by atoms with van der Waals surface area (Å²) in [5.74, 6) is 1.56. The Morgan fingerprint density at radius 1 is 1.14 bits per heavy atom. The van der Waals surface area contributed by atoms with Crippen molar-refractivity contribution in [1.82, 2.24) is 4.90 Å². The van der Waals surface area contributed by atoms with Gasteiger partial charge in [-0.1, -0.05) is 12.8 Å². The van der Waals surface area contributed by atoms with Gasteiger partial charge in [-0.3, -0.25) is 4.79 Å². The topological polar surface area (TPSA) is 55.6 Å². The van der Waals surface area contributed by atoms with E-state index in [9.17, 15) is 4.79 Å². The van der Waals surface area contributed by atoms with Gasteiger partial charge in [0.05, 0.1) is 18.1 Å². The molecule has 4 fully saturated rings. The second-order valence-electron chi connectivity index (χ2n) is 7.67.